The minimum atomic E-state index is -0.411. The van der Waals surface area contributed by atoms with Gasteiger partial charge >= 0.3 is 0 Å². The Morgan fingerprint density at radius 1 is 0.929 bits per heavy atom. The number of pyridine rings is 1. The monoisotopic (exact) mass is 377 g/mol. The molecule has 2 amide bonds. The lowest BCUT2D eigenvalue weighted by Gasteiger charge is -2.10. The minimum Gasteiger partial charge on any atom is -0.347 e. The average Bonchev–Trinajstić information content (AvgIpc) is 2.70. The first-order chi connectivity index (χ1) is 13.4. The summed E-state index contributed by atoms with van der Waals surface area (Å²) in [5.74, 6) is -1.13. The number of hydrogen-bond acceptors (Lipinski definition) is 3. The highest BCUT2D eigenvalue weighted by Crippen LogP contribution is 2.17. The molecule has 0 spiro atoms. The summed E-state index contributed by atoms with van der Waals surface area (Å²) in [6, 6.07) is 16.3. The van der Waals surface area contributed by atoms with E-state index in [9.17, 15) is 14.0 Å². The van der Waals surface area contributed by atoms with Crippen LogP contribution in [0.3, 0.4) is 0 Å². The van der Waals surface area contributed by atoms with Crippen molar-refractivity contribution in [2.45, 2.75) is 20.4 Å². The summed E-state index contributed by atoms with van der Waals surface area (Å²) in [5.41, 5.74) is 3.72. The van der Waals surface area contributed by atoms with Crippen molar-refractivity contribution >= 4 is 17.5 Å². The van der Waals surface area contributed by atoms with Crippen LogP contribution in [0.4, 0.5) is 10.1 Å². The zero-order valence-electron chi connectivity index (χ0n) is 15.6. The Bertz CT molecular complexity index is 1020. The van der Waals surface area contributed by atoms with E-state index in [-0.39, 0.29) is 29.7 Å². The third-order valence-corrected chi connectivity index (χ3v) is 4.22. The molecule has 3 aromatic rings. The zero-order chi connectivity index (χ0) is 20.1. The molecule has 1 heterocycles. The van der Waals surface area contributed by atoms with Crippen LogP contribution < -0.4 is 10.6 Å². The van der Waals surface area contributed by atoms with Gasteiger partial charge in [-0.15, -0.1) is 0 Å². The number of carbonyl (C=O) groups is 2. The maximum Gasteiger partial charge on any atom is 0.274 e. The largest absolute Gasteiger partial charge is 0.347 e. The fourth-order valence-corrected chi connectivity index (χ4v) is 2.62. The van der Waals surface area contributed by atoms with Crippen LogP contribution in [0.25, 0.3) is 0 Å². The molecule has 2 N–H and O–H groups in total. The summed E-state index contributed by atoms with van der Waals surface area (Å²) in [6.45, 7) is 4.08. The molecule has 0 aliphatic heterocycles. The number of rotatable bonds is 5. The number of carbonyl (C=O) groups excluding carboxylic acids is 2. The predicted octanol–water partition coefficient (Wildman–Crippen LogP) is 4.02. The van der Waals surface area contributed by atoms with E-state index in [1.54, 1.807) is 24.3 Å². The zero-order valence-corrected chi connectivity index (χ0v) is 15.6. The Labute approximate surface area is 162 Å². The Morgan fingerprint density at radius 2 is 1.61 bits per heavy atom. The van der Waals surface area contributed by atoms with Crippen molar-refractivity contribution in [3.63, 3.8) is 0 Å². The van der Waals surface area contributed by atoms with Crippen molar-refractivity contribution in [3.05, 3.63) is 94.6 Å². The fraction of sp³-hybridized carbons (Fsp3) is 0.136. The first-order valence-corrected chi connectivity index (χ1v) is 8.80. The molecule has 0 bridgehead atoms. The van der Waals surface area contributed by atoms with E-state index in [1.165, 1.54) is 18.2 Å². The summed E-state index contributed by atoms with van der Waals surface area (Å²) in [5, 5.41) is 5.54. The summed E-state index contributed by atoms with van der Waals surface area (Å²) in [7, 11) is 0. The second kappa shape index (κ2) is 8.43. The van der Waals surface area contributed by atoms with Crippen molar-refractivity contribution < 1.29 is 14.0 Å². The number of nitrogens with zero attached hydrogens (tertiary/aromatic N) is 1. The molecule has 3 rings (SSSR count). The predicted molar refractivity (Wildman–Crippen MR) is 106 cm³/mol. The maximum atomic E-state index is 12.9. The fourth-order valence-electron chi connectivity index (χ4n) is 2.62. The molecule has 28 heavy (non-hydrogen) atoms. The van der Waals surface area contributed by atoms with Crippen molar-refractivity contribution in [2.75, 3.05) is 5.32 Å². The Balaban J connectivity index is 1.68. The normalized spacial score (nSPS) is 10.4. The molecule has 0 aliphatic carbocycles. The lowest BCUT2D eigenvalue weighted by atomic mass is 10.1. The van der Waals surface area contributed by atoms with Gasteiger partial charge in [-0.2, -0.15) is 0 Å². The van der Waals surface area contributed by atoms with Crippen LogP contribution in [0.1, 0.15) is 37.7 Å². The maximum absolute atomic E-state index is 12.9. The van der Waals surface area contributed by atoms with E-state index >= 15 is 0 Å². The van der Waals surface area contributed by atoms with Gasteiger partial charge in [-0.3, -0.25) is 9.59 Å². The number of halogens is 1. The van der Waals surface area contributed by atoms with Gasteiger partial charge in [0.15, 0.2) is 0 Å². The molecule has 1 aromatic heterocycles. The summed E-state index contributed by atoms with van der Waals surface area (Å²) in [4.78, 5) is 29.0. The van der Waals surface area contributed by atoms with Crippen LogP contribution in [-0.4, -0.2) is 16.8 Å². The van der Waals surface area contributed by atoms with Gasteiger partial charge in [-0.05, 0) is 60.9 Å². The van der Waals surface area contributed by atoms with Gasteiger partial charge in [0.2, 0.25) is 0 Å². The van der Waals surface area contributed by atoms with Gasteiger partial charge in [-0.1, -0.05) is 30.3 Å². The number of amides is 2. The van der Waals surface area contributed by atoms with Gasteiger partial charge in [0, 0.05) is 12.2 Å². The summed E-state index contributed by atoms with van der Waals surface area (Å²) < 4.78 is 12.9. The number of aryl methyl sites for hydroxylation is 2. The second-order valence-electron chi connectivity index (χ2n) is 6.49. The molecule has 5 nitrogen and oxygen atoms in total. The van der Waals surface area contributed by atoms with Gasteiger partial charge in [0.25, 0.3) is 11.8 Å². The molecule has 6 heteroatoms. The van der Waals surface area contributed by atoms with E-state index < -0.39 is 5.91 Å². The Kier molecular flexibility index (Phi) is 5.79. The summed E-state index contributed by atoms with van der Waals surface area (Å²) >= 11 is 0. The van der Waals surface area contributed by atoms with E-state index in [0.29, 0.717) is 5.69 Å². The van der Waals surface area contributed by atoms with Gasteiger partial charge in [0.1, 0.15) is 17.2 Å². The SMILES string of the molecule is Cc1ccc(C)c(NC(=O)c2cccc(C(=O)NCc3ccc(F)cc3)n2)c1. The van der Waals surface area contributed by atoms with E-state index in [2.05, 4.69) is 15.6 Å². The molecule has 0 fully saturated rings. The molecule has 2 aromatic carbocycles. The number of hydrogen-bond donors (Lipinski definition) is 2. The molecular formula is C22H20FN3O2. The molecule has 0 saturated heterocycles. The number of benzene rings is 2. The van der Waals surface area contributed by atoms with Gasteiger partial charge in [0.05, 0.1) is 0 Å². The van der Waals surface area contributed by atoms with Crippen molar-refractivity contribution in [1.29, 1.82) is 0 Å². The molecule has 0 unspecified atom stereocenters. The lowest BCUT2D eigenvalue weighted by Crippen LogP contribution is -2.25. The second-order valence-corrected chi connectivity index (χ2v) is 6.49. The highest BCUT2D eigenvalue weighted by Gasteiger charge is 2.13. The van der Waals surface area contributed by atoms with Crippen molar-refractivity contribution in [2.24, 2.45) is 0 Å². The van der Waals surface area contributed by atoms with Gasteiger partial charge < -0.3 is 10.6 Å². The van der Waals surface area contributed by atoms with Crippen LogP contribution in [0.2, 0.25) is 0 Å². The topological polar surface area (TPSA) is 71.1 Å². The third kappa shape index (κ3) is 4.79. The molecule has 0 radical (unpaired) electrons. The number of nitrogens with one attached hydrogen (secondary N) is 2. The summed E-state index contributed by atoms with van der Waals surface area (Å²) in [6.07, 6.45) is 0. The van der Waals surface area contributed by atoms with Crippen LogP contribution in [0.5, 0.6) is 0 Å². The van der Waals surface area contributed by atoms with Gasteiger partial charge in [-0.25, -0.2) is 9.37 Å². The van der Waals surface area contributed by atoms with Crippen LogP contribution in [0, 0.1) is 19.7 Å². The average molecular weight is 377 g/mol. The highest BCUT2D eigenvalue weighted by molar-refractivity contribution is 6.04. The first kappa shape index (κ1) is 19.2. The lowest BCUT2D eigenvalue weighted by molar-refractivity contribution is 0.0945. The van der Waals surface area contributed by atoms with Crippen molar-refractivity contribution in [3.8, 4) is 0 Å². The quantitative estimate of drug-likeness (QED) is 0.705. The Hall–Kier alpha value is -3.54. The van der Waals surface area contributed by atoms with Crippen LogP contribution in [-0.2, 0) is 6.54 Å². The Morgan fingerprint density at radius 3 is 2.32 bits per heavy atom. The van der Waals surface area contributed by atoms with E-state index in [0.717, 1.165) is 16.7 Å². The number of aromatic nitrogens is 1. The van der Waals surface area contributed by atoms with Crippen LogP contribution in [0.15, 0.2) is 60.7 Å². The molecule has 0 atom stereocenters. The number of anilines is 1. The smallest absolute Gasteiger partial charge is 0.274 e. The molecule has 142 valence electrons. The third-order valence-electron chi connectivity index (χ3n) is 4.22. The molecule has 0 saturated carbocycles. The molecular weight excluding hydrogens is 357 g/mol. The standard InChI is InChI=1S/C22H20FN3O2/c1-14-6-7-15(2)20(12-14)26-22(28)19-5-3-4-18(25-19)21(27)24-13-16-8-10-17(23)11-9-16/h3-12H,13H2,1-2H3,(H,24,27)(H,26,28). The highest BCUT2D eigenvalue weighted by atomic mass is 19.1. The van der Waals surface area contributed by atoms with E-state index in [1.807, 2.05) is 32.0 Å². The van der Waals surface area contributed by atoms with Crippen LogP contribution >= 0.6 is 0 Å². The first-order valence-electron chi connectivity index (χ1n) is 8.80. The van der Waals surface area contributed by atoms with E-state index in [4.69, 9.17) is 0 Å². The minimum absolute atomic E-state index is 0.135. The molecule has 0 aliphatic rings. The van der Waals surface area contributed by atoms with Crippen molar-refractivity contribution in [1.82, 2.24) is 10.3 Å².